The highest BCUT2D eigenvalue weighted by Gasteiger charge is 2.12. The summed E-state index contributed by atoms with van der Waals surface area (Å²) in [6, 6.07) is 10.4. The number of methoxy groups -OCH3 is 1. The average Bonchev–Trinajstić information content (AvgIpc) is 2.43. The Morgan fingerprint density at radius 2 is 1.75 bits per heavy atom. The second-order valence-electron chi connectivity index (χ2n) is 4.79. The van der Waals surface area contributed by atoms with Crippen LogP contribution in [0.1, 0.15) is 24.1 Å². The van der Waals surface area contributed by atoms with Crippen molar-refractivity contribution in [2.45, 2.75) is 19.9 Å². The van der Waals surface area contributed by atoms with E-state index in [2.05, 4.69) is 5.32 Å². The first-order chi connectivity index (χ1) is 9.51. The number of hydrogen-bond acceptors (Lipinski definition) is 4. The predicted octanol–water partition coefficient (Wildman–Crippen LogP) is 3.59. The molecular formula is C16H19NO3. The Morgan fingerprint density at radius 3 is 2.40 bits per heavy atom. The molecule has 3 N–H and O–H groups in total. The molecule has 2 aromatic carbocycles. The van der Waals surface area contributed by atoms with Crippen molar-refractivity contribution in [2.75, 3.05) is 12.4 Å². The van der Waals surface area contributed by atoms with E-state index in [1.165, 1.54) is 0 Å². The van der Waals surface area contributed by atoms with Crippen molar-refractivity contribution in [3.05, 3.63) is 47.5 Å². The van der Waals surface area contributed by atoms with Gasteiger partial charge in [0.1, 0.15) is 17.2 Å². The summed E-state index contributed by atoms with van der Waals surface area (Å²) in [7, 11) is 1.59. The Kier molecular flexibility index (Phi) is 4.03. The van der Waals surface area contributed by atoms with Crippen LogP contribution in [0.3, 0.4) is 0 Å². The number of aryl methyl sites for hydroxylation is 1. The van der Waals surface area contributed by atoms with E-state index >= 15 is 0 Å². The Morgan fingerprint density at radius 1 is 1.05 bits per heavy atom. The van der Waals surface area contributed by atoms with E-state index in [1.807, 2.05) is 19.9 Å². The van der Waals surface area contributed by atoms with Crippen molar-refractivity contribution in [1.29, 1.82) is 0 Å². The molecule has 4 heteroatoms. The van der Waals surface area contributed by atoms with Crippen molar-refractivity contribution >= 4 is 5.69 Å². The molecular weight excluding hydrogens is 254 g/mol. The fourth-order valence-electron chi connectivity index (χ4n) is 2.08. The highest BCUT2D eigenvalue weighted by atomic mass is 16.5. The van der Waals surface area contributed by atoms with Gasteiger partial charge in [0.15, 0.2) is 0 Å². The van der Waals surface area contributed by atoms with Gasteiger partial charge in [0, 0.05) is 11.3 Å². The number of phenols is 2. The lowest BCUT2D eigenvalue weighted by atomic mass is 10.1. The van der Waals surface area contributed by atoms with Gasteiger partial charge in [0.25, 0.3) is 0 Å². The van der Waals surface area contributed by atoms with Crippen molar-refractivity contribution in [3.8, 4) is 17.2 Å². The molecule has 0 fully saturated rings. The van der Waals surface area contributed by atoms with E-state index in [4.69, 9.17) is 4.74 Å². The van der Waals surface area contributed by atoms with Crippen LogP contribution in [0.5, 0.6) is 17.2 Å². The topological polar surface area (TPSA) is 61.7 Å². The van der Waals surface area contributed by atoms with Crippen LogP contribution >= 0.6 is 0 Å². The summed E-state index contributed by atoms with van der Waals surface area (Å²) in [5.74, 6) is 1.20. The highest BCUT2D eigenvalue weighted by Crippen LogP contribution is 2.31. The molecule has 106 valence electrons. The van der Waals surface area contributed by atoms with Gasteiger partial charge in [-0.1, -0.05) is 0 Å². The van der Waals surface area contributed by atoms with Crippen LogP contribution in [0.25, 0.3) is 0 Å². The zero-order valence-corrected chi connectivity index (χ0v) is 11.8. The molecule has 1 atom stereocenters. The van der Waals surface area contributed by atoms with Gasteiger partial charge >= 0.3 is 0 Å². The fourth-order valence-corrected chi connectivity index (χ4v) is 2.08. The number of aromatic hydroxyl groups is 2. The number of nitrogens with one attached hydrogen (secondary N) is 1. The van der Waals surface area contributed by atoms with Crippen LogP contribution in [0.2, 0.25) is 0 Å². The molecule has 0 aliphatic heterocycles. The minimum atomic E-state index is -0.0888. The zero-order chi connectivity index (χ0) is 14.7. The zero-order valence-electron chi connectivity index (χ0n) is 11.8. The van der Waals surface area contributed by atoms with Crippen LogP contribution in [-0.2, 0) is 0 Å². The molecule has 0 aliphatic rings. The number of hydrogen-bond donors (Lipinski definition) is 3. The molecule has 20 heavy (non-hydrogen) atoms. The van der Waals surface area contributed by atoms with E-state index in [0.717, 1.165) is 16.8 Å². The number of anilines is 1. The lowest BCUT2D eigenvalue weighted by Crippen LogP contribution is -2.07. The highest BCUT2D eigenvalue weighted by molar-refractivity contribution is 5.53. The van der Waals surface area contributed by atoms with Crippen LogP contribution in [0, 0.1) is 6.92 Å². The summed E-state index contributed by atoms with van der Waals surface area (Å²) in [5, 5.41) is 22.8. The van der Waals surface area contributed by atoms with E-state index in [1.54, 1.807) is 37.4 Å². The molecule has 0 spiro atoms. The number of phenolic OH excluding ortho intramolecular Hbond substituents is 2. The van der Waals surface area contributed by atoms with E-state index in [0.29, 0.717) is 5.75 Å². The van der Waals surface area contributed by atoms with Crippen LogP contribution in [0.4, 0.5) is 5.69 Å². The van der Waals surface area contributed by atoms with E-state index in [-0.39, 0.29) is 17.5 Å². The maximum atomic E-state index is 9.94. The summed E-state index contributed by atoms with van der Waals surface area (Å²) >= 11 is 0. The minimum Gasteiger partial charge on any atom is -0.508 e. The lowest BCUT2D eigenvalue weighted by Gasteiger charge is -2.18. The third kappa shape index (κ3) is 2.96. The maximum absolute atomic E-state index is 9.94. The van der Waals surface area contributed by atoms with Gasteiger partial charge in [-0.25, -0.2) is 0 Å². The lowest BCUT2D eigenvalue weighted by molar-refractivity contribution is 0.410. The van der Waals surface area contributed by atoms with Crippen molar-refractivity contribution < 1.29 is 14.9 Å². The SMILES string of the molecule is COc1ccc(O)c(C(C)Nc2ccc(O)c(C)c2)c1. The molecule has 0 bridgehead atoms. The van der Waals surface area contributed by atoms with Gasteiger partial charge in [-0.15, -0.1) is 0 Å². The van der Waals surface area contributed by atoms with E-state index < -0.39 is 0 Å². The van der Waals surface area contributed by atoms with Crippen LogP contribution in [-0.4, -0.2) is 17.3 Å². The molecule has 0 radical (unpaired) electrons. The van der Waals surface area contributed by atoms with Crippen LogP contribution < -0.4 is 10.1 Å². The fraction of sp³-hybridized carbons (Fsp3) is 0.250. The Bertz CT molecular complexity index is 611. The molecule has 0 saturated heterocycles. The smallest absolute Gasteiger partial charge is 0.121 e. The van der Waals surface area contributed by atoms with Crippen molar-refractivity contribution in [1.82, 2.24) is 0 Å². The first-order valence-corrected chi connectivity index (χ1v) is 6.44. The van der Waals surface area contributed by atoms with Gasteiger partial charge < -0.3 is 20.3 Å². The summed E-state index contributed by atoms with van der Waals surface area (Å²) in [4.78, 5) is 0. The Balaban J connectivity index is 2.23. The van der Waals surface area contributed by atoms with Gasteiger partial charge in [0.05, 0.1) is 13.2 Å². The Hall–Kier alpha value is -2.36. The minimum absolute atomic E-state index is 0.0888. The largest absolute Gasteiger partial charge is 0.508 e. The molecule has 0 aliphatic carbocycles. The molecule has 0 saturated carbocycles. The molecule has 4 nitrogen and oxygen atoms in total. The second kappa shape index (κ2) is 5.74. The summed E-state index contributed by atoms with van der Waals surface area (Å²) < 4.78 is 5.17. The standard InChI is InChI=1S/C16H19NO3/c1-10-8-12(4-6-15(10)18)17-11(2)14-9-13(20-3)5-7-16(14)19/h4-9,11,17-19H,1-3H3. The molecule has 0 aromatic heterocycles. The monoisotopic (exact) mass is 273 g/mol. The number of benzene rings is 2. The molecule has 2 rings (SSSR count). The molecule has 1 unspecified atom stereocenters. The predicted molar refractivity (Wildman–Crippen MR) is 79.5 cm³/mol. The quantitative estimate of drug-likeness (QED) is 0.745. The Labute approximate surface area is 118 Å². The first-order valence-electron chi connectivity index (χ1n) is 6.44. The summed E-state index contributed by atoms with van der Waals surface area (Å²) in [5.41, 5.74) is 2.45. The number of rotatable bonds is 4. The number of ether oxygens (including phenoxy) is 1. The molecule has 0 heterocycles. The maximum Gasteiger partial charge on any atom is 0.121 e. The normalized spacial score (nSPS) is 11.9. The third-order valence-corrected chi connectivity index (χ3v) is 3.28. The van der Waals surface area contributed by atoms with Gasteiger partial charge in [-0.2, -0.15) is 0 Å². The summed E-state index contributed by atoms with van der Waals surface area (Å²) in [6.07, 6.45) is 0. The van der Waals surface area contributed by atoms with Crippen LogP contribution in [0.15, 0.2) is 36.4 Å². The first kappa shape index (κ1) is 14.1. The van der Waals surface area contributed by atoms with E-state index in [9.17, 15) is 10.2 Å². The molecule has 0 amide bonds. The molecule has 2 aromatic rings. The van der Waals surface area contributed by atoms with Crippen molar-refractivity contribution in [2.24, 2.45) is 0 Å². The van der Waals surface area contributed by atoms with Crippen molar-refractivity contribution in [3.63, 3.8) is 0 Å². The van der Waals surface area contributed by atoms with Gasteiger partial charge in [0.2, 0.25) is 0 Å². The van der Waals surface area contributed by atoms with Gasteiger partial charge in [-0.3, -0.25) is 0 Å². The summed E-state index contributed by atoms with van der Waals surface area (Å²) in [6.45, 7) is 3.80. The third-order valence-electron chi connectivity index (χ3n) is 3.28. The second-order valence-corrected chi connectivity index (χ2v) is 4.79. The van der Waals surface area contributed by atoms with Gasteiger partial charge in [-0.05, 0) is 55.8 Å². The average molecular weight is 273 g/mol.